The van der Waals surface area contributed by atoms with Crippen LogP contribution < -0.4 is 0 Å². The van der Waals surface area contributed by atoms with Crippen molar-refractivity contribution in [1.82, 2.24) is 19.6 Å². The minimum Gasteiger partial charge on any atom is -0.339 e. The van der Waals surface area contributed by atoms with Crippen LogP contribution in [0.25, 0.3) is 0 Å². The fourth-order valence-electron chi connectivity index (χ4n) is 3.71. The summed E-state index contributed by atoms with van der Waals surface area (Å²) in [5.74, 6) is 0.581. The first-order valence-electron chi connectivity index (χ1n) is 10.1. The molecule has 0 atom stereocenters. The third-order valence-corrected chi connectivity index (χ3v) is 5.66. The van der Waals surface area contributed by atoms with Crippen molar-refractivity contribution in [3.05, 3.63) is 51.8 Å². The largest absolute Gasteiger partial charge is 0.339 e. The van der Waals surface area contributed by atoms with E-state index in [4.69, 9.17) is 11.6 Å². The molecule has 1 saturated heterocycles. The highest BCUT2D eigenvalue weighted by Gasteiger charge is 2.26. The van der Waals surface area contributed by atoms with E-state index in [9.17, 15) is 9.59 Å². The lowest BCUT2D eigenvalue weighted by Gasteiger charge is -2.35. The van der Waals surface area contributed by atoms with Gasteiger partial charge in [0.15, 0.2) is 0 Å². The Morgan fingerprint density at radius 3 is 2.21 bits per heavy atom. The SMILES string of the molecule is Cc1nn(CC(C)C)c(C)c1CC(=O)N1CCN(C(=O)c2ccc(Cl)cc2)CC1. The van der Waals surface area contributed by atoms with Crippen LogP contribution in [0, 0.1) is 19.8 Å². The van der Waals surface area contributed by atoms with E-state index in [0.717, 1.165) is 23.5 Å². The number of aromatic nitrogens is 2. The fraction of sp³-hybridized carbons (Fsp3) is 0.500. The number of amides is 2. The van der Waals surface area contributed by atoms with E-state index in [1.165, 1.54) is 0 Å². The molecule has 0 N–H and O–H groups in total. The summed E-state index contributed by atoms with van der Waals surface area (Å²) in [7, 11) is 0. The Bertz CT molecular complexity index is 881. The molecule has 7 heteroatoms. The number of rotatable bonds is 5. The normalized spacial score (nSPS) is 14.6. The van der Waals surface area contributed by atoms with E-state index in [1.807, 2.05) is 23.4 Å². The van der Waals surface area contributed by atoms with Crippen LogP contribution in [0.1, 0.15) is 41.2 Å². The molecule has 0 radical (unpaired) electrons. The van der Waals surface area contributed by atoms with E-state index in [1.54, 1.807) is 29.2 Å². The summed E-state index contributed by atoms with van der Waals surface area (Å²) in [6, 6.07) is 6.92. The predicted octanol–water partition coefficient (Wildman–Crippen LogP) is 3.34. The van der Waals surface area contributed by atoms with E-state index >= 15 is 0 Å². The topological polar surface area (TPSA) is 58.4 Å². The number of carbonyl (C=O) groups is 2. The van der Waals surface area contributed by atoms with E-state index in [2.05, 4.69) is 18.9 Å². The Hall–Kier alpha value is -2.34. The molecule has 1 aliphatic heterocycles. The summed E-state index contributed by atoms with van der Waals surface area (Å²) in [6.07, 6.45) is 0.362. The first-order chi connectivity index (χ1) is 13.8. The summed E-state index contributed by atoms with van der Waals surface area (Å²) in [6.45, 7) is 11.4. The second-order valence-corrected chi connectivity index (χ2v) is 8.52. The molecule has 1 fully saturated rings. The number of piperazine rings is 1. The van der Waals surface area contributed by atoms with Gasteiger partial charge in [0.05, 0.1) is 12.1 Å². The van der Waals surface area contributed by atoms with Gasteiger partial charge in [-0.15, -0.1) is 0 Å². The lowest BCUT2D eigenvalue weighted by Crippen LogP contribution is -2.51. The highest BCUT2D eigenvalue weighted by atomic mass is 35.5. The summed E-state index contributed by atoms with van der Waals surface area (Å²) in [5, 5.41) is 5.22. The number of carbonyl (C=O) groups excluding carboxylic acids is 2. The highest BCUT2D eigenvalue weighted by molar-refractivity contribution is 6.30. The molecule has 2 amide bonds. The Morgan fingerprint density at radius 2 is 1.62 bits per heavy atom. The number of aryl methyl sites for hydroxylation is 1. The fourth-order valence-corrected chi connectivity index (χ4v) is 3.84. The molecule has 1 aromatic carbocycles. The molecule has 1 aliphatic rings. The van der Waals surface area contributed by atoms with E-state index in [-0.39, 0.29) is 11.8 Å². The van der Waals surface area contributed by atoms with Crippen molar-refractivity contribution >= 4 is 23.4 Å². The van der Waals surface area contributed by atoms with Crippen LogP contribution in [0.5, 0.6) is 0 Å². The summed E-state index contributed by atoms with van der Waals surface area (Å²) >= 11 is 5.90. The molecule has 29 heavy (non-hydrogen) atoms. The van der Waals surface area contributed by atoms with Crippen molar-refractivity contribution in [1.29, 1.82) is 0 Å². The van der Waals surface area contributed by atoms with Gasteiger partial charge < -0.3 is 9.80 Å². The maximum absolute atomic E-state index is 12.9. The van der Waals surface area contributed by atoms with Crippen LogP contribution in [0.2, 0.25) is 5.02 Å². The molecular weight excluding hydrogens is 388 g/mol. The van der Waals surface area contributed by atoms with Crippen LogP contribution >= 0.6 is 11.6 Å². The van der Waals surface area contributed by atoms with Crippen LogP contribution in [0.3, 0.4) is 0 Å². The van der Waals surface area contributed by atoms with Crippen molar-refractivity contribution in [3.8, 4) is 0 Å². The van der Waals surface area contributed by atoms with Crippen molar-refractivity contribution in [2.75, 3.05) is 26.2 Å². The molecule has 3 rings (SSSR count). The first kappa shape index (κ1) is 21.4. The quantitative estimate of drug-likeness (QED) is 0.751. The molecule has 0 aliphatic carbocycles. The van der Waals surface area contributed by atoms with Gasteiger partial charge in [-0.3, -0.25) is 14.3 Å². The predicted molar refractivity (Wildman–Crippen MR) is 114 cm³/mol. The van der Waals surface area contributed by atoms with Gasteiger partial charge in [0.25, 0.3) is 5.91 Å². The molecular formula is C22H29ClN4O2. The van der Waals surface area contributed by atoms with Gasteiger partial charge in [0, 0.05) is 54.6 Å². The Morgan fingerprint density at radius 1 is 1.03 bits per heavy atom. The average molecular weight is 417 g/mol. The van der Waals surface area contributed by atoms with Gasteiger partial charge in [-0.25, -0.2) is 0 Å². The first-order valence-corrected chi connectivity index (χ1v) is 10.5. The van der Waals surface area contributed by atoms with Crippen molar-refractivity contribution in [3.63, 3.8) is 0 Å². The highest BCUT2D eigenvalue weighted by Crippen LogP contribution is 2.18. The molecule has 0 spiro atoms. The van der Waals surface area contributed by atoms with Gasteiger partial charge in [-0.05, 0) is 44.0 Å². The zero-order valence-electron chi connectivity index (χ0n) is 17.6. The molecule has 1 aromatic heterocycles. The Balaban J connectivity index is 1.58. The lowest BCUT2D eigenvalue weighted by atomic mass is 10.1. The number of halogens is 1. The van der Waals surface area contributed by atoms with Crippen LogP contribution in [0.4, 0.5) is 0 Å². The lowest BCUT2D eigenvalue weighted by molar-refractivity contribution is -0.131. The number of nitrogens with zero attached hydrogens (tertiary/aromatic N) is 4. The third-order valence-electron chi connectivity index (χ3n) is 5.41. The zero-order chi connectivity index (χ0) is 21.1. The molecule has 2 heterocycles. The monoisotopic (exact) mass is 416 g/mol. The van der Waals surface area contributed by atoms with Crippen LogP contribution in [-0.2, 0) is 17.8 Å². The zero-order valence-corrected chi connectivity index (χ0v) is 18.4. The van der Waals surface area contributed by atoms with Crippen molar-refractivity contribution < 1.29 is 9.59 Å². The minimum atomic E-state index is -0.0181. The van der Waals surface area contributed by atoms with Gasteiger partial charge in [0.2, 0.25) is 5.91 Å². The Labute approximate surface area is 177 Å². The van der Waals surface area contributed by atoms with Crippen LogP contribution in [0.15, 0.2) is 24.3 Å². The number of hydrogen-bond acceptors (Lipinski definition) is 3. The van der Waals surface area contributed by atoms with Gasteiger partial charge >= 0.3 is 0 Å². The maximum Gasteiger partial charge on any atom is 0.253 e. The molecule has 156 valence electrons. The van der Waals surface area contributed by atoms with E-state index < -0.39 is 0 Å². The average Bonchev–Trinajstić information content (AvgIpc) is 2.95. The molecule has 6 nitrogen and oxygen atoms in total. The minimum absolute atomic E-state index is 0.0181. The van der Waals surface area contributed by atoms with Crippen molar-refractivity contribution in [2.24, 2.45) is 5.92 Å². The molecule has 0 unspecified atom stereocenters. The number of hydrogen-bond donors (Lipinski definition) is 0. The number of benzene rings is 1. The van der Waals surface area contributed by atoms with Crippen molar-refractivity contribution in [2.45, 2.75) is 40.7 Å². The van der Waals surface area contributed by atoms with Gasteiger partial charge in [0.1, 0.15) is 0 Å². The smallest absolute Gasteiger partial charge is 0.253 e. The molecule has 2 aromatic rings. The second kappa shape index (κ2) is 8.99. The summed E-state index contributed by atoms with van der Waals surface area (Å²) in [5.41, 5.74) is 3.64. The van der Waals surface area contributed by atoms with Crippen LogP contribution in [-0.4, -0.2) is 57.6 Å². The van der Waals surface area contributed by atoms with E-state index in [0.29, 0.717) is 49.1 Å². The third kappa shape index (κ3) is 4.99. The second-order valence-electron chi connectivity index (χ2n) is 8.08. The van der Waals surface area contributed by atoms with Gasteiger partial charge in [-0.2, -0.15) is 5.10 Å². The standard InChI is InChI=1S/C22H29ClN4O2/c1-15(2)14-27-17(4)20(16(3)24-27)13-21(28)25-9-11-26(12-10-25)22(29)18-5-7-19(23)8-6-18/h5-8,15H,9-14H2,1-4H3. The molecule has 0 saturated carbocycles. The summed E-state index contributed by atoms with van der Waals surface area (Å²) in [4.78, 5) is 29.1. The maximum atomic E-state index is 12.9. The summed E-state index contributed by atoms with van der Waals surface area (Å²) < 4.78 is 2.01. The Kier molecular flexibility index (Phi) is 6.63. The molecule has 0 bridgehead atoms. The van der Waals surface area contributed by atoms with Gasteiger partial charge in [-0.1, -0.05) is 25.4 Å².